The van der Waals surface area contributed by atoms with Gasteiger partial charge in [0, 0.05) is 4.47 Å². The van der Waals surface area contributed by atoms with Gasteiger partial charge in [-0.25, -0.2) is 4.99 Å². The molecule has 2 aromatic rings. The van der Waals surface area contributed by atoms with Gasteiger partial charge in [0.25, 0.3) is 0 Å². The summed E-state index contributed by atoms with van der Waals surface area (Å²) in [4.78, 5) is 16.0. The highest BCUT2D eigenvalue weighted by Gasteiger charge is 2.76. The predicted octanol–water partition coefficient (Wildman–Crippen LogP) is 6.31. The Labute approximate surface area is 185 Å². The SMILES string of the molecule is COC(=O)C1C(C(F)(F)C(F)(F)C(F)(F)F)=Nc2ccccc2NC1c1ccc(Br)cc1. The molecule has 2 aromatic carbocycles. The van der Waals surface area contributed by atoms with E-state index in [4.69, 9.17) is 0 Å². The smallest absolute Gasteiger partial charge is 0.460 e. The van der Waals surface area contributed by atoms with Crippen LogP contribution in [0.25, 0.3) is 0 Å². The molecule has 0 aliphatic carbocycles. The molecule has 0 saturated carbocycles. The van der Waals surface area contributed by atoms with Gasteiger partial charge in [0.1, 0.15) is 11.6 Å². The molecule has 0 radical (unpaired) electrons. The molecule has 0 bridgehead atoms. The predicted molar refractivity (Wildman–Crippen MR) is 105 cm³/mol. The summed E-state index contributed by atoms with van der Waals surface area (Å²) in [5, 5.41) is 2.76. The van der Waals surface area contributed by atoms with E-state index in [1.165, 1.54) is 42.5 Å². The lowest BCUT2D eigenvalue weighted by molar-refractivity contribution is -0.337. The van der Waals surface area contributed by atoms with Gasteiger partial charge in [0.2, 0.25) is 0 Å². The van der Waals surface area contributed by atoms with Gasteiger partial charge in [-0.15, -0.1) is 0 Å². The highest BCUT2D eigenvalue weighted by molar-refractivity contribution is 9.10. The van der Waals surface area contributed by atoms with Gasteiger partial charge in [0.05, 0.1) is 24.5 Å². The molecular weight excluding hydrogens is 513 g/mol. The molecule has 3 rings (SSSR count). The van der Waals surface area contributed by atoms with Crippen LogP contribution in [0.1, 0.15) is 11.6 Å². The number of para-hydroxylation sites is 2. The van der Waals surface area contributed by atoms with E-state index in [0.717, 1.165) is 13.2 Å². The number of ether oxygens (including phenoxy) is 1. The first-order valence-corrected chi connectivity index (χ1v) is 9.71. The van der Waals surface area contributed by atoms with Crippen molar-refractivity contribution in [1.82, 2.24) is 0 Å². The molecule has 1 N–H and O–H groups in total. The number of halogens is 8. The Balaban J connectivity index is 2.31. The summed E-state index contributed by atoms with van der Waals surface area (Å²) < 4.78 is 102. The average molecular weight is 527 g/mol. The van der Waals surface area contributed by atoms with Crippen molar-refractivity contribution in [3.05, 3.63) is 58.6 Å². The van der Waals surface area contributed by atoms with E-state index in [9.17, 15) is 35.5 Å². The minimum atomic E-state index is -6.61. The van der Waals surface area contributed by atoms with Crippen LogP contribution < -0.4 is 5.32 Å². The number of carbonyl (C=O) groups is 1. The van der Waals surface area contributed by atoms with Crippen molar-refractivity contribution in [3.8, 4) is 0 Å². The number of carbonyl (C=O) groups excluding carboxylic acids is 1. The van der Waals surface area contributed by atoms with Crippen LogP contribution in [0, 0.1) is 5.92 Å². The normalized spacial score (nSPS) is 19.3. The first kappa shape index (κ1) is 24.0. The Morgan fingerprint density at radius 1 is 1.00 bits per heavy atom. The maximum Gasteiger partial charge on any atom is 0.460 e. The summed E-state index contributed by atoms with van der Waals surface area (Å²) in [6.07, 6.45) is -6.61. The molecule has 2 atom stereocenters. The number of aliphatic imine (C=N–C) groups is 1. The zero-order valence-electron chi connectivity index (χ0n) is 16.1. The molecule has 172 valence electrons. The van der Waals surface area contributed by atoms with E-state index in [-0.39, 0.29) is 16.9 Å². The van der Waals surface area contributed by atoms with E-state index >= 15 is 0 Å². The molecule has 1 heterocycles. The summed E-state index contributed by atoms with van der Waals surface area (Å²) in [5.74, 6) is -16.1. The number of alkyl halides is 7. The third-order valence-electron chi connectivity index (χ3n) is 4.84. The third kappa shape index (κ3) is 4.07. The molecule has 0 saturated heterocycles. The standard InChI is InChI=1S/C20H14BrF7N2O2/c1-32-17(31)14-15(10-6-8-11(21)9-7-10)29-12-4-2-3-5-13(12)30-16(14)18(22,23)19(24,25)20(26,27)28/h2-9,14-15,29H,1H3. The Kier molecular flexibility index (Phi) is 6.29. The molecule has 32 heavy (non-hydrogen) atoms. The van der Waals surface area contributed by atoms with Gasteiger partial charge < -0.3 is 10.1 Å². The fourth-order valence-corrected chi connectivity index (χ4v) is 3.49. The fraction of sp³-hybridized carbons (Fsp3) is 0.300. The minimum Gasteiger partial charge on any atom is -0.468 e. The van der Waals surface area contributed by atoms with E-state index < -0.39 is 41.7 Å². The van der Waals surface area contributed by atoms with Crippen LogP contribution in [0.4, 0.5) is 42.1 Å². The minimum absolute atomic E-state index is 0.0513. The number of nitrogens with one attached hydrogen (secondary N) is 1. The quantitative estimate of drug-likeness (QED) is 0.375. The van der Waals surface area contributed by atoms with Gasteiger partial charge in [0.15, 0.2) is 0 Å². The molecular formula is C20H14BrF7N2O2. The van der Waals surface area contributed by atoms with Crippen molar-refractivity contribution in [2.45, 2.75) is 24.1 Å². The van der Waals surface area contributed by atoms with E-state index in [0.29, 0.717) is 4.47 Å². The Morgan fingerprint density at radius 3 is 2.16 bits per heavy atom. The van der Waals surface area contributed by atoms with Crippen LogP contribution in [0.3, 0.4) is 0 Å². The lowest BCUT2D eigenvalue weighted by atomic mass is 9.84. The Hall–Kier alpha value is -2.63. The zero-order valence-corrected chi connectivity index (χ0v) is 17.6. The van der Waals surface area contributed by atoms with Gasteiger partial charge in [-0.1, -0.05) is 40.2 Å². The number of rotatable bonds is 4. The van der Waals surface area contributed by atoms with Crippen molar-refractivity contribution >= 4 is 39.0 Å². The second kappa shape index (κ2) is 8.38. The van der Waals surface area contributed by atoms with E-state index in [1.807, 2.05) is 0 Å². The number of methoxy groups -OCH3 is 1. The van der Waals surface area contributed by atoms with Crippen LogP contribution >= 0.6 is 15.9 Å². The van der Waals surface area contributed by atoms with E-state index in [1.54, 1.807) is 0 Å². The molecule has 0 spiro atoms. The van der Waals surface area contributed by atoms with Crippen LogP contribution in [-0.4, -0.2) is 36.8 Å². The van der Waals surface area contributed by atoms with Crippen molar-refractivity contribution in [1.29, 1.82) is 0 Å². The van der Waals surface area contributed by atoms with Crippen molar-refractivity contribution in [2.24, 2.45) is 10.9 Å². The fourth-order valence-electron chi connectivity index (χ4n) is 3.23. The van der Waals surface area contributed by atoms with Gasteiger partial charge in [-0.3, -0.25) is 4.79 Å². The number of esters is 1. The lowest BCUT2D eigenvalue weighted by Gasteiger charge is -2.33. The molecule has 4 nitrogen and oxygen atoms in total. The first-order valence-electron chi connectivity index (χ1n) is 8.91. The molecule has 0 fully saturated rings. The van der Waals surface area contributed by atoms with Crippen LogP contribution in [0.5, 0.6) is 0 Å². The molecule has 0 aromatic heterocycles. The summed E-state index contributed by atoms with van der Waals surface area (Å²) >= 11 is 3.18. The number of hydrogen-bond acceptors (Lipinski definition) is 4. The molecule has 1 aliphatic rings. The highest BCUT2D eigenvalue weighted by atomic mass is 79.9. The summed E-state index contributed by atoms with van der Waals surface area (Å²) in [6, 6.07) is 9.57. The highest BCUT2D eigenvalue weighted by Crippen LogP contribution is 2.51. The zero-order chi connectivity index (χ0) is 23.9. The first-order chi connectivity index (χ1) is 14.8. The Bertz CT molecular complexity index is 1040. The molecule has 2 unspecified atom stereocenters. The number of nitrogens with zero attached hydrogens (tertiary/aromatic N) is 1. The monoisotopic (exact) mass is 526 g/mol. The second-order valence-electron chi connectivity index (χ2n) is 6.84. The van der Waals surface area contributed by atoms with Crippen LogP contribution in [-0.2, 0) is 9.53 Å². The van der Waals surface area contributed by atoms with Crippen LogP contribution in [0.2, 0.25) is 0 Å². The maximum absolute atomic E-state index is 14.9. The largest absolute Gasteiger partial charge is 0.468 e. The van der Waals surface area contributed by atoms with Gasteiger partial charge in [-0.2, -0.15) is 30.7 Å². The summed E-state index contributed by atoms with van der Waals surface area (Å²) in [5.41, 5.74) is -2.10. The molecule has 1 aliphatic heterocycles. The topological polar surface area (TPSA) is 50.7 Å². The van der Waals surface area contributed by atoms with Crippen molar-refractivity contribution < 1.29 is 40.3 Å². The number of hydrogen-bond donors (Lipinski definition) is 1. The summed E-state index contributed by atoms with van der Waals surface area (Å²) in [7, 11) is 0.802. The lowest BCUT2D eigenvalue weighted by Crippen LogP contribution is -2.59. The van der Waals surface area contributed by atoms with Gasteiger partial charge in [-0.05, 0) is 29.8 Å². The maximum atomic E-state index is 14.9. The van der Waals surface area contributed by atoms with Crippen molar-refractivity contribution in [3.63, 3.8) is 0 Å². The van der Waals surface area contributed by atoms with Crippen LogP contribution in [0.15, 0.2) is 58.0 Å². The van der Waals surface area contributed by atoms with Crippen molar-refractivity contribution in [2.75, 3.05) is 12.4 Å². The Morgan fingerprint density at radius 2 is 1.59 bits per heavy atom. The number of fused-ring (bicyclic) bond motifs is 1. The number of benzene rings is 2. The van der Waals surface area contributed by atoms with E-state index in [2.05, 4.69) is 31.0 Å². The summed E-state index contributed by atoms with van der Waals surface area (Å²) in [6.45, 7) is 0. The number of anilines is 1. The van der Waals surface area contributed by atoms with Gasteiger partial charge >= 0.3 is 24.0 Å². The molecule has 12 heteroatoms. The second-order valence-corrected chi connectivity index (χ2v) is 7.75. The average Bonchev–Trinajstić information content (AvgIpc) is 2.90. The molecule has 0 amide bonds. The third-order valence-corrected chi connectivity index (χ3v) is 5.37.